The molecule has 6 rings (SSSR count). The number of carbonyl (C=O) groups excluding carboxylic acids is 1. The van der Waals surface area contributed by atoms with E-state index in [1.165, 1.54) is 0 Å². The van der Waals surface area contributed by atoms with Crippen LogP contribution in [0.1, 0.15) is 36.0 Å². The van der Waals surface area contributed by atoms with Gasteiger partial charge in [-0.25, -0.2) is 19.4 Å². The van der Waals surface area contributed by atoms with E-state index in [-0.39, 0.29) is 6.03 Å². The van der Waals surface area contributed by atoms with Gasteiger partial charge in [0.15, 0.2) is 5.65 Å². The zero-order chi connectivity index (χ0) is 28.2. The minimum atomic E-state index is -0.0570. The van der Waals surface area contributed by atoms with Crippen molar-refractivity contribution in [1.82, 2.24) is 24.6 Å². The van der Waals surface area contributed by atoms with Crippen LogP contribution in [0.5, 0.6) is 0 Å². The zero-order valence-electron chi connectivity index (χ0n) is 23.6. The van der Waals surface area contributed by atoms with E-state index in [0.717, 1.165) is 70.3 Å². The highest BCUT2D eigenvalue weighted by Gasteiger charge is 2.25. The summed E-state index contributed by atoms with van der Waals surface area (Å²) in [6.07, 6.45) is 2.34. The predicted molar refractivity (Wildman–Crippen MR) is 164 cm³/mol. The van der Waals surface area contributed by atoms with E-state index in [1.807, 2.05) is 83.2 Å². The summed E-state index contributed by atoms with van der Waals surface area (Å²) in [5.41, 5.74) is 5.84. The van der Waals surface area contributed by atoms with Crippen LogP contribution in [0.3, 0.4) is 0 Å². The average molecular weight is 546 g/mol. The van der Waals surface area contributed by atoms with Crippen molar-refractivity contribution in [3.05, 3.63) is 108 Å². The first-order valence-electron chi connectivity index (χ1n) is 14.3. The highest BCUT2D eigenvalue weighted by atomic mass is 16.2. The topological polar surface area (TPSA) is 79.2 Å². The molecule has 0 atom stereocenters. The van der Waals surface area contributed by atoms with Crippen molar-refractivity contribution in [2.24, 2.45) is 0 Å². The molecule has 8 heteroatoms. The number of nitrogens with one attached hydrogen (secondary N) is 1. The fraction of sp³-hybridized carbons (Fsp3) is 0.273. The van der Waals surface area contributed by atoms with Gasteiger partial charge in [0, 0.05) is 38.3 Å². The zero-order valence-corrected chi connectivity index (χ0v) is 23.6. The second-order valence-electron chi connectivity index (χ2n) is 10.4. The van der Waals surface area contributed by atoms with Crippen LogP contribution in [0, 0.1) is 6.92 Å². The number of rotatable bonds is 6. The second kappa shape index (κ2) is 11.8. The number of aromatic nitrogens is 4. The summed E-state index contributed by atoms with van der Waals surface area (Å²) in [4.78, 5) is 27.7. The maximum atomic E-state index is 13.3. The number of benzene rings is 3. The van der Waals surface area contributed by atoms with Gasteiger partial charge in [0.1, 0.15) is 11.6 Å². The molecule has 1 N–H and O–H groups in total. The van der Waals surface area contributed by atoms with Gasteiger partial charge in [-0.3, -0.25) is 0 Å². The van der Waals surface area contributed by atoms with Gasteiger partial charge in [-0.15, -0.1) is 0 Å². The average Bonchev–Trinajstić information content (AvgIpc) is 3.16. The van der Waals surface area contributed by atoms with Crippen LogP contribution < -0.4 is 10.2 Å². The maximum Gasteiger partial charge on any atom is 0.321 e. The summed E-state index contributed by atoms with van der Waals surface area (Å²) >= 11 is 0. The summed E-state index contributed by atoms with van der Waals surface area (Å²) in [5.74, 6) is 1.64. The van der Waals surface area contributed by atoms with Gasteiger partial charge < -0.3 is 15.1 Å². The number of hydrogen-bond donors (Lipinski definition) is 1. The highest BCUT2D eigenvalue weighted by molar-refractivity contribution is 5.92. The van der Waals surface area contributed by atoms with Crippen molar-refractivity contribution < 1.29 is 4.79 Å². The number of fused-ring (bicyclic) bond motifs is 1. The molecule has 0 saturated carbocycles. The minimum Gasteiger partial charge on any atom is -0.354 e. The first-order valence-corrected chi connectivity index (χ1v) is 14.3. The SMILES string of the molecule is CCc1ccccc1NC(=O)N1CCCN(c2nc(Cc3ccccc3)nc3c2c(C)nn3-c2ccccc2)CC1. The van der Waals surface area contributed by atoms with Crippen LogP contribution in [0.15, 0.2) is 84.9 Å². The first-order chi connectivity index (χ1) is 20.1. The lowest BCUT2D eigenvalue weighted by molar-refractivity contribution is 0.215. The van der Waals surface area contributed by atoms with Crippen molar-refractivity contribution in [2.75, 3.05) is 36.4 Å². The summed E-state index contributed by atoms with van der Waals surface area (Å²) in [7, 11) is 0. The predicted octanol–water partition coefficient (Wildman–Crippen LogP) is 6.02. The van der Waals surface area contributed by atoms with Gasteiger partial charge in [-0.2, -0.15) is 5.10 Å². The Bertz CT molecular complexity index is 1650. The van der Waals surface area contributed by atoms with Gasteiger partial charge in [0.05, 0.1) is 16.8 Å². The van der Waals surface area contributed by atoms with E-state index >= 15 is 0 Å². The Kier molecular flexibility index (Phi) is 7.63. The molecule has 1 aliphatic heterocycles. The van der Waals surface area contributed by atoms with Crippen LogP contribution >= 0.6 is 0 Å². The molecule has 2 aromatic heterocycles. The number of amides is 2. The van der Waals surface area contributed by atoms with E-state index in [1.54, 1.807) is 0 Å². The number of hydrogen-bond acceptors (Lipinski definition) is 5. The highest BCUT2D eigenvalue weighted by Crippen LogP contribution is 2.30. The molecule has 41 heavy (non-hydrogen) atoms. The van der Waals surface area contributed by atoms with Crippen molar-refractivity contribution in [1.29, 1.82) is 0 Å². The Morgan fingerprint density at radius 3 is 2.37 bits per heavy atom. The van der Waals surface area contributed by atoms with Gasteiger partial charge >= 0.3 is 6.03 Å². The van der Waals surface area contributed by atoms with Crippen molar-refractivity contribution >= 4 is 28.6 Å². The van der Waals surface area contributed by atoms with Gasteiger partial charge in [-0.05, 0) is 49.1 Å². The number of anilines is 2. The molecule has 0 radical (unpaired) electrons. The fourth-order valence-electron chi connectivity index (χ4n) is 5.52. The standard InChI is InChI=1S/C33H35N7O/c1-3-26-15-10-11-18-28(26)34-33(41)39-20-12-19-38(21-22-39)31-30-24(2)37-40(27-16-8-5-9-17-27)32(30)36-29(35-31)23-25-13-6-4-7-14-25/h4-11,13-18H,3,12,19-23H2,1-2H3,(H,34,41). The van der Waals surface area contributed by atoms with Gasteiger partial charge in [0.25, 0.3) is 0 Å². The van der Waals surface area contributed by atoms with Crippen LogP contribution in [0.25, 0.3) is 16.7 Å². The molecule has 1 saturated heterocycles. The van der Waals surface area contributed by atoms with Crippen LogP contribution in [0.4, 0.5) is 16.3 Å². The van der Waals surface area contributed by atoms with Gasteiger partial charge in [-0.1, -0.05) is 73.7 Å². The number of para-hydroxylation sites is 2. The molecule has 0 aliphatic carbocycles. The van der Waals surface area contributed by atoms with E-state index < -0.39 is 0 Å². The van der Waals surface area contributed by atoms with Crippen molar-refractivity contribution in [2.45, 2.75) is 33.1 Å². The Morgan fingerprint density at radius 1 is 0.854 bits per heavy atom. The molecule has 8 nitrogen and oxygen atoms in total. The summed E-state index contributed by atoms with van der Waals surface area (Å²) in [5, 5.41) is 9.00. The van der Waals surface area contributed by atoms with Crippen molar-refractivity contribution in [3.63, 3.8) is 0 Å². The molecule has 5 aromatic rings. The third kappa shape index (κ3) is 5.63. The Morgan fingerprint density at radius 2 is 1.59 bits per heavy atom. The largest absolute Gasteiger partial charge is 0.354 e. The molecular formula is C33H35N7O. The summed E-state index contributed by atoms with van der Waals surface area (Å²) in [6, 6.07) is 28.4. The summed E-state index contributed by atoms with van der Waals surface area (Å²) in [6.45, 7) is 6.88. The molecule has 1 fully saturated rings. The number of nitrogens with zero attached hydrogens (tertiary/aromatic N) is 6. The lowest BCUT2D eigenvalue weighted by Gasteiger charge is -2.24. The molecule has 0 unspecified atom stereocenters. The normalized spacial score (nSPS) is 13.8. The maximum absolute atomic E-state index is 13.3. The third-order valence-corrected chi connectivity index (χ3v) is 7.66. The molecule has 0 bridgehead atoms. The van der Waals surface area contributed by atoms with Crippen LogP contribution in [-0.2, 0) is 12.8 Å². The fourth-order valence-corrected chi connectivity index (χ4v) is 5.52. The molecule has 2 amide bonds. The van der Waals surface area contributed by atoms with Gasteiger partial charge in [0.2, 0.25) is 0 Å². The molecule has 208 valence electrons. The molecule has 3 heterocycles. The lowest BCUT2D eigenvalue weighted by atomic mass is 10.1. The number of aryl methyl sites for hydroxylation is 2. The van der Waals surface area contributed by atoms with Crippen LogP contribution in [0.2, 0.25) is 0 Å². The lowest BCUT2D eigenvalue weighted by Crippen LogP contribution is -2.38. The van der Waals surface area contributed by atoms with Crippen molar-refractivity contribution in [3.8, 4) is 5.69 Å². The Labute approximate surface area is 240 Å². The number of urea groups is 1. The van der Waals surface area contributed by atoms with E-state index in [2.05, 4.69) is 35.3 Å². The first kappa shape index (κ1) is 26.5. The molecule has 1 aliphatic rings. The van der Waals surface area contributed by atoms with E-state index in [9.17, 15) is 4.79 Å². The quantitative estimate of drug-likeness (QED) is 0.282. The van der Waals surface area contributed by atoms with E-state index in [4.69, 9.17) is 15.1 Å². The smallest absolute Gasteiger partial charge is 0.321 e. The molecular weight excluding hydrogens is 510 g/mol. The third-order valence-electron chi connectivity index (χ3n) is 7.66. The Hall–Kier alpha value is -4.72. The molecule has 3 aromatic carbocycles. The molecule has 0 spiro atoms. The number of carbonyl (C=O) groups is 1. The summed E-state index contributed by atoms with van der Waals surface area (Å²) < 4.78 is 1.92. The van der Waals surface area contributed by atoms with E-state index in [0.29, 0.717) is 26.1 Å². The second-order valence-corrected chi connectivity index (χ2v) is 10.4. The minimum absolute atomic E-state index is 0.0570. The van der Waals surface area contributed by atoms with Crippen LogP contribution in [-0.4, -0.2) is 56.9 Å². The monoisotopic (exact) mass is 545 g/mol. The Balaban J connectivity index is 1.32.